The largest absolute Gasteiger partial charge is 0.497 e. The van der Waals surface area contributed by atoms with Gasteiger partial charge in [0.25, 0.3) is 0 Å². The van der Waals surface area contributed by atoms with Gasteiger partial charge in [-0.1, -0.05) is 0 Å². The number of nitrogens with one attached hydrogen (secondary N) is 2. The number of aliphatic hydroxyl groups is 1. The highest BCUT2D eigenvalue weighted by Crippen LogP contribution is 2.32. The molecule has 7 heteroatoms. The van der Waals surface area contributed by atoms with Crippen LogP contribution in [-0.2, 0) is 4.79 Å². The predicted molar refractivity (Wildman–Crippen MR) is 97.8 cm³/mol. The van der Waals surface area contributed by atoms with Gasteiger partial charge in [0.2, 0.25) is 5.91 Å². The van der Waals surface area contributed by atoms with Gasteiger partial charge in [0.05, 0.1) is 35.9 Å². The van der Waals surface area contributed by atoms with Crippen molar-refractivity contribution < 1.29 is 14.6 Å². The van der Waals surface area contributed by atoms with E-state index in [1.54, 1.807) is 18.4 Å². The molecule has 0 spiro atoms. The third-order valence-corrected chi connectivity index (χ3v) is 5.73. The van der Waals surface area contributed by atoms with E-state index in [1.165, 1.54) is 0 Å². The second-order valence-corrected chi connectivity index (χ2v) is 7.31. The number of carbonyl (C=O) groups is 1. The lowest BCUT2D eigenvalue weighted by molar-refractivity contribution is -0.123. The topological polar surface area (TPSA) is 83.5 Å². The number of aryl methyl sites for hydroxylation is 1. The number of hydrogen-bond acceptors (Lipinski definition) is 6. The molecule has 1 aromatic carbocycles. The van der Waals surface area contributed by atoms with Gasteiger partial charge in [-0.2, -0.15) is 0 Å². The minimum absolute atomic E-state index is 0.0807. The molecular formula is C18H23N3O3S. The lowest BCUT2D eigenvalue weighted by Gasteiger charge is -2.16. The molecule has 3 N–H and O–H groups in total. The normalized spacial score (nSPS) is 21.1. The van der Waals surface area contributed by atoms with Crippen molar-refractivity contribution in [2.75, 3.05) is 13.7 Å². The van der Waals surface area contributed by atoms with Gasteiger partial charge in [-0.3, -0.25) is 4.79 Å². The Bertz CT molecular complexity index is 745. The summed E-state index contributed by atoms with van der Waals surface area (Å²) in [6.07, 6.45) is 0.00926. The molecule has 1 aromatic heterocycles. The first kappa shape index (κ1) is 17.8. The Morgan fingerprint density at radius 3 is 2.76 bits per heavy atom. The summed E-state index contributed by atoms with van der Waals surface area (Å²) in [6.45, 7) is 4.38. The van der Waals surface area contributed by atoms with Crippen molar-refractivity contribution in [2.45, 2.75) is 38.5 Å². The third kappa shape index (κ3) is 4.00. The molecule has 1 aliphatic rings. The van der Waals surface area contributed by atoms with Crippen LogP contribution in [0.4, 0.5) is 0 Å². The van der Waals surface area contributed by atoms with E-state index in [0.29, 0.717) is 13.0 Å². The molecule has 1 amide bonds. The smallest absolute Gasteiger partial charge is 0.237 e. The number of aliphatic hydroxyl groups excluding tert-OH is 1. The van der Waals surface area contributed by atoms with Gasteiger partial charge in [0, 0.05) is 12.1 Å². The van der Waals surface area contributed by atoms with Crippen molar-refractivity contribution in [3.8, 4) is 16.3 Å². The standard InChI is InChI=1S/C18H23N3O3S/c1-10(20-17(23)15-8-13(22)9-19-15)16-11(2)21-18(25-16)12-4-6-14(24-3)7-5-12/h4-7,10,13,15,19,22H,8-9H2,1-3H3,(H,20,23)/t10-,13-,15-/m0/s1. The fourth-order valence-electron chi connectivity index (χ4n) is 2.96. The number of hydrogen-bond donors (Lipinski definition) is 3. The number of rotatable bonds is 5. The summed E-state index contributed by atoms with van der Waals surface area (Å²) in [5, 5.41) is 16.5. The maximum absolute atomic E-state index is 12.3. The quantitative estimate of drug-likeness (QED) is 0.759. The zero-order valence-corrected chi connectivity index (χ0v) is 15.4. The van der Waals surface area contributed by atoms with Crippen LogP contribution in [0.25, 0.3) is 10.6 Å². The molecule has 134 valence electrons. The number of β-amino-alcohol motifs (C(OH)–C–C–N with tert-alkyl or cyclic N) is 1. The first-order valence-electron chi connectivity index (χ1n) is 8.31. The second-order valence-electron chi connectivity index (χ2n) is 6.28. The van der Waals surface area contributed by atoms with E-state index >= 15 is 0 Å². The van der Waals surface area contributed by atoms with Crippen molar-refractivity contribution in [3.63, 3.8) is 0 Å². The van der Waals surface area contributed by atoms with Gasteiger partial charge < -0.3 is 20.5 Å². The van der Waals surface area contributed by atoms with Crippen LogP contribution in [0.3, 0.4) is 0 Å². The Morgan fingerprint density at radius 2 is 2.16 bits per heavy atom. The Balaban J connectivity index is 1.71. The molecule has 1 aliphatic heterocycles. The Hall–Kier alpha value is -1.96. The van der Waals surface area contributed by atoms with Gasteiger partial charge in [0.1, 0.15) is 10.8 Å². The molecule has 3 rings (SSSR count). The number of ether oxygens (including phenoxy) is 1. The average Bonchev–Trinajstić information content (AvgIpc) is 3.21. The Morgan fingerprint density at radius 1 is 1.44 bits per heavy atom. The average molecular weight is 361 g/mol. The summed E-state index contributed by atoms with van der Waals surface area (Å²) in [5.41, 5.74) is 1.95. The van der Waals surface area contributed by atoms with Gasteiger partial charge in [-0.15, -0.1) is 11.3 Å². The molecule has 0 saturated carbocycles. The number of benzene rings is 1. The van der Waals surface area contributed by atoms with Gasteiger partial charge in [0.15, 0.2) is 0 Å². The summed E-state index contributed by atoms with van der Waals surface area (Å²) in [4.78, 5) is 18.0. The van der Waals surface area contributed by atoms with E-state index in [9.17, 15) is 9.90 Å². The van der Waals surface area contributed by atoms with Gasteiger partial charge in [-0.05, 0) is 44.5 Å². The molecule has 25 heavy (non-hydrogen) atoms. The summed E-state index contributed by atoms with van der Waals surface area (Å²) in [5.74, 6) is 0.729. The first-order chi connectivity index (χ1) is 12.0. The van der Waals surface area contributed by atoms with Crippen molar-refractivity contribution >= 4 is 17.2 Å². The lowest BCUT2D eigenvalue weighted by atomic mass is 10.1. The van der Waals surface area contributed by atoms with Crippen molar-refractivity contribution in [1.82, 2.24) is 15.6 Å². The van der Waals surface area contributed by atoms with Crippen LogP contribution in [0.15, 0.2) is 24.3 Å². The number of aromatic nitrogens is 1. The van der Waals surface area contributed by atoms with E-state index in [2.05, 4.69) is 15.6 Å². The van der Waals surface area contributed by atoms with Crippen LogP contribution in [-0.4, -0.2) is 41.8 Å². The molecule has 0 bridgehead atoms. The highest BCUT2D eigenvalue weighted by molar-refractivity contribution is 7.15. The minimum atomic E-state index is -0.446. The summed E-state index contributed by atoms with van der Waals surface area (Å²) >= 11 is 1.58. The molecule has 1 fully saturated rings. The monoisotopic (exact) mass is 361 g/mol. The van der Waals surface area contributed by atoms with Crippen LogP contribution in [0.2, 0.25) is 0 Å². The van der Waals surface area contributed by atoms with E-state index in [4.69, 9.17) is 4.74 Å². The van der Waals surface area contributed by atoms with Gasteiger partial charge >= 0.3 is 0 Å². The van der Waals surface area contributed by atoms with Crippen LogP contribution in [0, 0.1) is 6.92 Å². The number of thiazole rings is 1. The van der Waals surface area contributed by atoms with Gasteiger partial charge in [-0.25, -0.2) is 4.98 Å². The van der Waals surface area contributed by atoms with Crippen molar-refractivity contribution in [2.24, 2.45) is 0 Å². The number of nitrogens with zero attached hydrogens (tertiary/aromatic N) is 1. The zero-order valence-electron chi connectivity index (χ0n) is 14.6. The lowest BCUT2D eigenvalue weighted by Crippen LogP contribution is -2.41. The highest BCUT2D eigenvalue weighted by Gasteiger charge is 2.29. The third-order valence-electron chi connectivity index (χ3n) is 4.35. The summed E-state index contributed by atoms with van der Waals surface area (Å²) < 4.78 is 5.18. The molecule has 0 aliphatic carbocycles. The second kappa shape index (κ2) is 7.51. The molecule has 1 saturated heterocycles. The number of methoxy groups -OCH3 is 1. The maximum atomic E-state index is 12.3. The van der Waals surface area contributed by atoms with Crippen molar-refractivity contribution in [1.29, 1.82) is 0 Å². The first-order valence-corrected chi connectivity index (χ1v) is 9.13. The molecule has 2 aromatic rings. The Kier molecular flexibility index (Phi) is 5.36. The molecular weight excluding hydrogens is 338 g/mol. The molecule has 0 unspecified atom stereocenters. The summed E-state index contributed by atoms with van der Waals surface area (Å²) in [6, 6.07) is 7.33. The predicted octanol–water partition coefficient (Wildman–Crippen LogP) is 2.03. The summed E-state index contributed by atoms with van der Waals surface area (Å²) in [7, 11) is 1.64. The molecule has 6 nitrogen and oxygen atoms in total. The fraction of sp³-hybridized carbons (Fsp3) is 0.444. The van der Waals surface area contributed by atoms with Crippen molar-refractivity contribution in [3.05, 3.63) is 34.8 Å². The van der Waals surface area contributed by atoms with E-state index in [0.717, 1.165) is 26.9 Å². The van der Waals surface area contributed by atoms with Crippen LogP contribution < -0.4 is 15.4 Å². The minimum Gasteiger partial charge on any atom is -0.497 e. The molecule has 2 heterocycles. The van der Waals surface area contributed by atoms with Crippen LogP contribution in [0.5, 0.6) is 5.75 Å². The van der Waals surface area contributed by atoms with Crippen LogP contribution >= 0.6 is 11.3 Å². The zero-order chi connectivity index (χ0) is 18.0. The number of carbonyl (C=O) groups excluding carboxylic acids is 1. The number of amides is 1. The van der Waals surface area contributed by atoms with E-state index < -0.39 is 6.10 Å². The molecule has 0 radical (unpaired) electrons. The maximum Gasteiger partial charge on any atom is 0.237 e. The van der Waals surface area contributed by atoms with E-state index in [-0.39, 0.29) is 18.0 Å². The SMILES string of the molecule is COc1ccc(-c2nc(C)c([C@H](C)NC(=O)[C@@H]3C[C@H](O)CN3)s2)cc1. The molecule has 3 atom stereocenters. The highest BCUT2D eigenvalue weighted by atomic mass is 32.1. The van der Waals surface area contributed by atoms with Crippen LogP contribution in [0.1, 0.15) is 30.0 Å². The van der Waals surface area contributed by atoms with E-state index in [1.807, 2.05) is 38.1 Å². The fourth-order valence-corrected chi connectivity index (χ4v) is 4.04. The Labute approximate surface area is 151 Å².